The summed E-state index contributed by atoms with van der Waals surface area (Å²) in [4.78, 5) is 32.5. The number of nitrogens with zero attached hydrogens (tertiary/aromatic N) is 4. The Balaban J connectivity index is 1.30. The zero-order chi connectivity index (χ0) is 20.4. The molecule has 29 heavy (non-hydrogen) atoms. The Hall–Kier alpha value is -3.62. The summed E-state index contributed by atoms with van der Waals surface area (Å²) in [6, 6.07) is 9.38. The van der Waals surface area contributed by atoms with Crippen LogP contribution in [0.15, 0.2) is 41.3 Å². The van der Waals surface area contributed by atoms with Crippen LogP contribution in [0.3, 0.4) is 0 Å². The maximum absolute atomic E-state index is 12.2. The number of methoxy groups -OCH3 is 1. The van der Waals surface area contributed by atoms with Crippen molar-refractivity contribution in [2.75, 3.05) is 13.7 Å². The summed E-state index contributed by atoms with van der Waals surface area (Å²) >= 11 is 0. The monoisotopic (exact) mass is 394 g/mol. The van der Waals surface area contributed by atoms with E-state index in [9.17, 15) is 9.59 Å². The normalized spacial score (nSPS) is 11.2. The lowest BCUT2D eigenvalue weighted by atomic mass is 10.2. The lowest BCUT2D eigenvalue weighted by Crippen LogP contribution is -2.27. The molecule has 0 aliphatic heterocycles. The SMILES string of the molecule is COc1ccc2c(ccn2CCNC(=O)CCc2nc3nc(C)cc(=O)n3[nH]2)c1. The Labute approximate surface area is 166 Å². The number of fused-ring (bicyclic) bond motifs is 2. The number of rotatable bonds is 7. The van der Waals surface area contributed by atoms with E-state index in [0.717, 1.165) is 16.7 Å². The van der Waals surface area contributed by atoms with Crippen molar-refractivity contribution in [3.63, 3.8) is 0 Å². The first kappa shape index (κ1) is 18.7. The number of nitrogens with one attached hydrogen (secondary N) is 2. The van der Waals surface area contributed by atoms with Gasteiger partial charge in [-0.3, -0.25) is 14.7 Å². The van der Waals surface area contributed by atoms with Gasteiger partial charge < -0.3 is 14.6 Å². The molecule has 0 bridgehead atoms. The van der Waals surface area contributed by atoms with Gasteiger partial charge >= 0.3 is 0 Å². The third-order valence-corrected chi connectivity index (χ3v) is 4.75. The van der Waals surface area contributed by atoms with E-state index in [-0.39, 0.29) is 17.9 Å². The van der Waals surface area contributed by atoms with Crippen molar-refractivity contribution in [2.24, 2.45) is 0 Å². The third-order valence-electron chi connectivity index (χ3n) is 4.75. The molecule has 0 fully saturated rings. The van der Waals surface area contributed by atoms with Gasteiger partial charge in [0.25, 0.3) is 11.3 Å². The number of aromatic nitrogens is 5. The fourth-order valence-electron chi connectivity index (χ4n) is 3.28. The lowest BCUT2D eigenvalue weighted by molar-refractivity contribution is -0.121. The number of carbonyl (C=O) groups is 1. The molecule has 0 aliphatic rings. The number of hydrogen-bond donors (Lipinski definition) is 2. The summed E-state index contributed by atoms with van der Waals surface area (Å²) in [5.41, 5.74) is 1.49. The molecule has 150 valence electrons. The molecule has 9 heteroatoms. The number of carbonyl (C=O) groups excluding carboxylic acids is 1. The molecule has 1 aromatic carbocycles. The number of hydrogen-bond acceptors (Lipinski definition) is 5. The van der Waals surface area contributed by atoms with E-state index in [1.165, 1.54) is 10.6 Å². The van der Waals surface area contributed by atoms with Gasteiger partial charge in [0, 0.05) is 54.8 Å². The minimum atomic E-state index is -0.215. The van der Waals surface area contributed by atoms with E-state index in [2.05, 4.69) is 25.0 Å². The van der Waals surface area contributed by atoms with Gasteiger partial charge in [0.1, 0.15) is 11.6 Å². The zero-order valence-corrected chi connectivity index (χ0v) is 16.3. The van der Waals surface area contributed by atoms with Crippen LogP contribution in [0, 0.1) is 6.92 Å². The van der Waals surface area contributed by atoms with Crippen LogP contribution < -0.4 is 15.6 Å². The van der Waals surface area contributed by atoms with E-state index in [1.54, 1.807) is 14.0 Å². The minimum Gasteiger partial charge on any atom is -0.497 e. The molecule has 0 saturated carbocycles. The van der Waals surface area contributed by atoms with Gasteiger partial charge in [-0.25, -0.2) is 4.98 Å². The molecule has 1 amide bonds. The van der Waals surface area contributed by atoms with Crippen LogP contribution in [0.25, 0.3) is 16.7 Å². The Bertz CT molecular complexity index is 1240. The van der Waals surface area contributed by atoms with Gasteiger partial charge in [0.2, 0.25) is 5.91 Å². The summed E-state index contributed by atoms with van der Waals surface area (Å²) < 4.78 is 8.62. The second kappa shape index (κ2) is 7.78. The Kier molecular flexibility index (Phi) is 5.03. The lowest BCUT2D eigenvalue weighted by Gasteiger charge is -2.08. The highest BCUT2D eigenvalue weighted by atomic mass is 16.5. The fourth-order valence-corrected chi connectivity index (χ4v) is 3.28. The van der Waals surface area contributed by atoms with E-state index in [1.807, 2.05) is 30.5 Å². The van der Waals surface area contributed by atoms with Gasteiger partial charge in [0.05, 0.1) is 7.11 Å². The van der Waals surface area contributed by atoms with Gasteiger partial charge in [-0.05, 0) is 31.2 Å². The van der Waals surface area contributed by atoms with Crippen LogP contribution >= 0.6 is 0 Å². The van der Waals surface area contributed by atoms with Crippen LogP contribution in [0.4, 0.5) is 0 Å². The van der Waals surface area contributed by atoms with Crippen molar-refractivity contribution in [1.82, 2.24) is 29.5 Å². The van der Waals surface area contributed by atoms with Crippen LogP contribution in [0.1, 0.15) is 17.9 Å². The molecular weight excluding hydrogens is 372 g/mol. The van der Waals surface area contributed by atoms with Crippen LogP contribution in [0.5, 0.6) is 5.75 Å². The van der Waals surface area contributed by atoms with Crippen LogP contribution in [-0.2, 0) is 17.8 Å². The molecule has 0 aliphatic carbocycles. The van der Waals surface area contributed by atoms with Crippen molar-refractivity contribution in [2.45, 2.75) is 26.3 Å². The Morgan fingerprint density at radius 1 is 1.24 bits per heavy atom. The summed E-state index contributed by atoms with van der Waals surface area (Å²) in [5, 5.41) is 6.91. The molecule has 0 saturated heterocycles. The van der Waals surface area contributed by atoms with E-state index in [4.69, 9.17) is 4.74 Å². The molecule has 4 rings (SSSR count). The molecule has 0 radical (unpaired) electrons. The predicted octanol–water partition coefficient (Wildman–Crippen LogP) is 1.44. The van der Waals surface area contributed by atoms with Crippen molar-refractivity contribution < 1.29 is 9.53 Å². The van der Waals surface area contributed by atoms with E-state index in [0.29, 0.717) is 36.8 Å². The molecule has 0 atom stereocenters. The van der Waals surface area contributed by atoms with Crippen molar-refractivity contribution in [3.05, 3.63) is 58.4 Å². The van der Waals surface area contributed by atoms with Crippen molar-refractivity contribution in [3.8, 4) is 5.75 Å². The molecule has 3 aromatic heterocycles. The van der Waals surface area contributed by atoms with Gasteiger partial charge in [-0.15, -0.1) is 0 Å². The first-order valence-electron chi connectivity index (χ1n) is 9.38. The number of H-pyrrole nitrogens is 1. The van der Waals surface area contributed by atoms with Crippen LogP contribution in [0.2, 0.25) is 0 Å². The van der Waals surface area contributed by atoms with Crippen molar-refractivity contribution in [1.29, 1.82) is 0 Å². The first-order chi connectivity index (χ1) is 14.0. The van der Waals surface area contributed by atoms with Crippen molar-refractivity contribution >= 4 is 22.6 Å². The maximum atomic E-state index is 12.2. The fraction of sp³-hybridized carbons (Fsp3) is 0.300. The summed E-state index contributed by atoms with van der Waals surface area (Å²) in [7, 11) is 1.65. The quantitative estimate of drug-likeness (QED) is 0.493. The number of ether oxygens (including phenoxy) is 1. The Morgan fingerprint density at radius 3 is 2.93 bits per heavy atom. The average molecular weight is 394 g/mol. The van der Waals surface area contributed by atoms with E-state index < -0.39 is 0 Å². The smallest absolute Gasteiger partial charge is 0.274 e. The van der Waals surface area contributed by atoms with E-state index >= 15 is 0 Å². The highest BCUT2D eigenvalue weighted by Crippen LogP contribution is 2.21. The highest BCUT2D eigenvalue weighted by Gasteiger charge is 2.09. The predicted molar refractivity (Wildman–Crippen MR) is 108 cm³/mol. The van der Waals surface area contributed by atoms with Crippen LogP contribution in [-0.4, -0.2) is 43.7 Å². The third kappa shape index (κ3) is 3.98. The summed E-state index contributed by atoms with van der Waals surface area (Å²) in [5.74, 6) is 1.63. The summed E-state index contributed by atoms with van der Waals surface area (Å²) in [6.45, 7) is 2.94. The molecule has 3 heterocycles. The second-order valence-corrected chi connectivity index (χ2v) is 6.83. The first-order valence-corrected chi connectivity index (χ1v) is 9.38. The molecule has 4 aromatic rings. The molecule has 0 unspecified atom stereocenters. The maximum Gasteiger partial charge on any atom is 0.274 e. The number of benzene rings is 1. The van der Waals surface area contributed by atoms with Gasteiger partial charge in [-0.2, -0.15) is 9.50 Å². The molecular formula is C20H22N6O3. The second-order valence-electron chi connectivity index (χ2n) is 6.83. The zero-order valence-electron chi connectivity index (χ0n) is 16.3. The van der Waals surface area contributed by atoms with Gasteiger partial charge in [-0.1, -0.05) is 0 Å². The number of aryl methyl sites for hydroxylation is 2. The average Bonchev–Trinajstić information content (AvgIpc) is 3.30. The molecule has 9 nitrogen and oxygen atoms in total. The van der Waals surface area contributed by atoms with Gasteiger partial charge in [0.15, 0.2) is 0 Å². The summed E-state index contributed by atoms with van der Waals surface area (Å²) in [6.07, 6.45) is 2.68. The minimum absolute atomic E-state index is 0.0694. The topological polar surface area (TPSA) is 106 Å². The largest absolute Gasteiger partial charge is 0.497 e. The molecule has 0 spiro atoms. The highest BCUT2D eigenvalue weighted by molar-refractivity contribution is 5.81. The molecule has 2 N–H and O–H groups in total. The Morgan fingerprint density at radius 2 is 2.10 bits per heavy atom. The standard InChI is InChI=1S/C20H22N6O3/c1-13-11-19(28)26-20(22-13)23-17(24-26)5-6-18(27)21-8-10-25-9-7-14-12-15(29-2)3-4-16(14)25/h3-4,7,9,11-12H,5-6,8,10H2,1-2H3,(H,21,27)(H,22,23,24). The number of aromatic amines is 1. The number of amides is 1.